The van der Waals surface area contributed by atoms with Crippen molar-refractivity contribution in [3.8, 4) is 0 Å². The third-order valence-corrected chi connectivity index (χ3v) is 3.25. The molecule has 19 heavy (non-hydrogen) atoms. The van der Waals surface area contributed by atoms with E-state index in [2.05, 4.69) is 21.2 Å². The number of carboxylic acid groups (broad SMARTS) is 1. The number of hydrogen-bond donors (Lipinski definition) is 3. The number of aromatic carboxylic acids is 1. The second-order valence-corrected chi connectivity index (χ2v) is 5.23. The van der Waals surface area contributed by atoms with Crippen LogP contribution in [0.25, 0.3) is 0 Å². The summed E-state index contributed by atoms with van der Waals surface area (Å²) in [5, 5.41) is 11.7. The van der Waals surface area contributed by atoms with Crippen LogP contribution in [0.1, 0.15) is 30.1 Å². The van der Waals surface area contributed by atoms with Crippen LogP contribution in [0, 0.1) is 5.92 Å². The molecule has 1 aromatic rings. The van der Waals surface area contributed by atoms with E-state index < -0.39 is 5.97 Å². The smallest absolute Gasteiger partial charge is 0.337 e. The lowest BCUT2D eigenvalue weighted by Crippen LogP contribution is -2.22. The fourth-order valence-corrected chi connectivity index (χ4v) is 1.98. The Bertz CT molecular complexity index is 477. The zero-order chi connectivity index (χ0) is 14.4. The monoisotopic (exact) mass is 328 g/mol. The molecule has 0 fully saturated rings. The van der Waals surface area contributed by atoms with Gasteiger partial charge in [-0.15, -0.1) is 0 Å². The van der Waals surface area contributed by atoms with E-state index in [0.717, 1.165) is 6.42 Å². The minimum Gasteiger partial charge on any atom is -0.478 e. The van der Waals surface area contributed by atoms with Crippen LogP contribution in [-0.2, 0) is 4.79 Å². The Hall–Kier alpha value is -1.40. The van der Waals surface area contributed by atoms with E-state index >= 15 is 0 Å². The van der Waals surface area contributed by atoms with Crippen LogP contribution in [0.5, 0.6) is 0 Å². The Morgan fingerprint density at radius 2 is 2.16 bits per heavy atom. The van der Waals surface area contributed by atoms with Crippen LogP contribution in [0.15, 0.2) is 22.7 Å². The first-order valence-electron chi connectivity index (χ1n) is 5.99. The van der Waals surface area contributed by atoms with Gasteiger partial charge in [-0.3, -0.25) is 4.79 Å². The fourth-order valence-electron chi connectivity index (χ4n) is 1.62. The van der Waals surface area contributed by atoms with Crippen molar-refractivity contribution < 1.29 is 14.7 Å². The van der Waals surface area contributed by atoms with Crippen molar-refractivity contribution in [3.63, 3.8) is 0 Å². The van der Waals surface area contributed by atoms with Gasteiger partial charge in [-0.05, 0) is 37.6 Å². The van der Waals surface area contributed by atoms with Gasteiger partial charge in [-0.1, -0.05) is 22.9 Å². The second kappa shape index (κ2) is 7.25. The highest BCUT2D eigenvalue weighted by atomic mass is 79.9. The van der Waals surface area contributed by atoms with Crippen molar-refractivity contribution in [2.45, 2.75) is 19.8 Å². The molecular formula is C13H17BrN2O3. The average molecular weight is 329 g/mol. The first-order chi connectivity index (χ1) is 8.95. The third-order valence-electron chi connectivity index (χ3n) is 2.76. The van der Waals surface area contributed by atoms with Gasteiger partial charge in [0, 0.05) is 10.4 Å². The minimum absolute atomic E-state index is 0.0718. The van der Waals surface area contributed by atoms with Crippen LogP contribution in [0.2, 0.25) is 0 Å². The molecule has 0 heterocycles. The maximum absolute atomic E-state index is 11.9. The van der Waals surface area contributed by atoms with Crippen molar-refractivity contribution in [1.82, 2.24) is 0 Å². The summed E-state index contributed by atoms with van der Waals surface area (Å²) in [6.07, 6.45) is 1.44. The summed E-state index contributed by atoms with van der Waals surface area (Å²) >= 11 is 3.25. The van der Waals surface area contributed by atoms with Gasteiger partial charge in [0.05, 0.1) is 11.3 Å². The summed E-state index contributed by atoms with van der Waals surface area (Å²) < 4.78 is 0.711. The summed E-state index contributed by atoms with van der Waals surface area (Å²) in [6, 6.07) is 4.65. The van der Waals surface area contributed by atoms with Gasteiger partial charge in [-0.25, -0.2) is 4.79 Å². The molecular weight excluding hydrogens is 312 g/mol. The van der Waals surface area contributed by atoms with Crippen LogP contribution in [0.3, 0.4) is 0 Å². The van der Waals surface area contributed by atoms with Gasteiger partial charge in [0.1, 0.15) is 0 Å². The van der Waals surface area contributed by atoms with E-state index in [9.17, 15) is 9.59 Å². The maximum atomic E-state index is 11.9. The molecule has 5 nitrogen and oxygen atoms in total. The van der Waals surface area contributed by atoms with Crippen molar-refractivity contribution in [2.75, 3.05) is 11.9 Å². The predicted molar refractivity (Wildman–Crippen MR) is 77.2 cm³/mol. The minimum atomic E-state index is -1.07. The number of nitrogens with two attached hydrogens (primary N) is 1. The van der Waals surface area contributed by atoms with Crippen LogP contribution in [-0.4, -0.2) is 23.5 Å². The molecule has 1 amide bonds. The van der Waals surface area contributed by atoms with Crippen LogP contribution in [0.4, 0.5) is 5.69 Å². The van der Waals surface area contributed by atoms with Crippen molar-refractivity contribution >= 4 is 33.5 Å². The Labute approximate surface area is 120 Å². The average Bonchev–Trinajstić information content (AvgIpc) is 2.35. The molecule has 0 saturated heterocycles. The molecule has 0 aliphatic rings. The number of hydrogen-bond acceptors (Lipinski definition) is 3. The summed E-state index contributed by atoms with van der Waals surface area (Å²) in [7, 11) is 0. The summed E-state index contributed by atoms with van der Waals surface area (Å²) in [5.74, 6) is -1.48. The number of carbonyl (C=O) groups excluding carboxylic acids is 1. The topological polar surface area (TPSA) is 92.4 Å². The van der Waals surface area contributed by atoms with E-state index in [0.29, 0.717) is 23.1 Å². The Balaban J connectivity index is 2.83. The molecule has 0 saturated carbocycles. The SMILES string of the molecule is CC(CCCN)C(=O)Nc1cc(Br)ccc1C(=O)O. The van der Waals surface area contributed by atoms with Gasteiger partial charge in [0.25, 0.3) is 0 Å². The molecule has 0 bridgehead atoms. The Morgan fingerprint density at radius 1 is 1.47 bits per heavy atom. The molecule has 0 radical (unpaired) electrons. The normalized spacial score (nSPS) is 11.9. The van der Waals surface area contributed by atoms with E-state index in [1.165, 1.54) is 6.07 Å². The number of halogens is 1. The van der Waals surface area contributed by atoms with E-state index in [1.54, 1.807) is 19.1 Å². The zero-order valence-corrected chi connectivity index (χ0v) is 12.2. The molecule has 0 aliphatic heterocycles. The molecule has 104 valence electrons. The number of anilines is 1. The summed E-state index contributed by atoms with van der Waals surface area (Å²) in [4.78, 5) is 23.0. The molecule has 0 spiro atoms. The quantitative estimate of drug-likeness (QED) is 0.747. The number of benzene rings is 1. The Morgan fingerprint density at radius 3 is 2.74 bits per heavy atom. The van der Waals surface area contributed by atoms with Crippen molar-refractivity contribution in [2.24, 2.45) is 11.7 Å². The number of carbonyl (C=O) groups is 2. The Kier molecular flexibility index (Phi) is 5.98. The molecule has 6 heteroatoms. The van der Waals surface area contributed by atoms with E-state index in [1.807, 2.05) is 0 Å². The summed E-state index contributed by atoms with van der Waals surface area (Å²) in [5.41, 5.74) is 5.77. The molecule has 1 unspecified atom stereocenters. The lowest BCUT2D eigenvalue weighted by atomic mass is 10.0. The van der Waals surface area contributed by atoms with Gasteiger partial charge in [0.15, 0.2) is 0 Å². The predicted octanol–water partition coefficient (Wildman–Crippen LogP) is 2.46. The second-order valence-electron chi connectivity index (χ2n) is 4.32. The van der Waals surface area contributed by atoms with Gasteiger partial charge in [-0.2, -0.15) is 0 Å². The highest BCUT2D eigenvalue weighted by Gasteiger charge is 2.16. The van der Waals surface area contributed by atoms with E-state index in [-0.39, 0.29) is 17.4 Å². The number of amides is 1. The van der Waals surface area contributed by atoms with Gasteiger partial charge < -0.3 is 16.2 Å². The lowest BCUT2D eigenvalue weighted by molar-refractivity contribution is -0.119. The lowest BCUT2D eigenvalue weighted by Gasteiger charge is -2.13. The zero-order valence-electron chi connectivity index (χ0n) is 10.6. The van der Waals surface area contributed by atoms with Crippen LogP contribution >= 0.6 is 15.9 Å². The molecule has 0 aromatic heterocycles. The van der Waals surface area contributed by atoms with Crippen molar-refractivity contribution in [1.29, 1.82) is 0 Å². The number of carboxylic acids is 1. The molecule has 1 aromatic carbocycles. The number of rotatable bonds is 6. The highest BCUT2D eigenvalue weighted by Crippen LogP contribution is 2.22. The molecule has 1 rings (SSSR count). The third kappa shape index (κ3) is 4.65. The molecule has 1 atom stereocenters. The standard InChI is InChI=1S/C13H17BrN2O3/c1-8(3-2-6-15)12(17)16-11-7-9(14)4-5-10(11)13(18)19/h4-5,7-8H,2-3,6,15H2,1H3,(H,16,17)(H,18,19). The van der Waals surface area contributed by atoms with E-state index in [4.69, 9.17) is 10.8 Å². The maximum Gasteiger partial charge on any atom is 0.337 e. The fraction of sp³-hybridized carbons (Fsp3) is 0.385. The van der Waals surface area contributed by atoms with Gasteiger partial charge in [0.2, 0.25) is 5.91 Å². The first-order valence-corrected chi connectivity index (χ1v) is 6.78. The molecule has 0 aliphatic carbocycles. The number of nitrogens with one attached hydrogen (secondary N) is 1. The first kappa shape index (κ1) is 15.7. The summed E-state index contributed by atoms with van der Waals surface area (Å²) in [6.45, 7) is 2.33. The largest absolute Gasteiger partial charge is 0.478 e. The van der Waals surface area contributed by atoms with Crippen LogP contribution < -0.4 is 11.1 Å². The van der Waals surface area contributed by atoms with Crippen molar-refractivity contribution in [3.05, 3.63) is 28.2 Å². The van der Waals surface area contributed by atoms with Gasteiger partial charge >= 0.3 is 5.97 Å². The molecule has 4 N–H and O–H groups in total. The highest BCUT2D eigenvalue weighted by molar-refractivity contribution is 9.10.